The van der Waals surface area contributed by atoms with Gasteiger partial charge >= 0.3 is 0 Å². The molecule has 1 unspecified atom stereocenters. The van der Waals surface area contributed by atoms with Crippen LogP contribution in [-0.2, 0) is 4.79 Å². The van der Waals surface area contributed by atoms with Crippen molar-refractivity contribution in [2.45, 2.75) is 54.2 Å². The van der Waals surface area contributed by atoms with E-state index in [1.54, 1.807) is 11.3 Å². The minimum Gasteiger partial charge on any atom is -0.337 e. The maximum absolute atomic E-state index is 12.5. The summed E-state index contributed by atoms with van der Waals surface area (Å²) < 4.78 is 1.89. The highest BCUT2D eigenvalue weighted by molar-refractivity contribution is 8.02. The Kier molecular flexibility index (Phi) is 5.33. The number of thioether (sulfide) groups is 1. The summed E-state index contributed by atoms with van der Waals surface area (Å²) in [6.07, 6.45) is 4.61. The zero-order valence-electron chi connectivity index (χ0n) is 13.3. The van der Waals surface area contributed by atoms with Gasteiger partial charge in [0.2, 0.25) is 5.91 Å². The van der Waals surface area contributed by atoms with E-state index in [1.807, 2.05) is 25.1 Å². The number of nitrogens with zero attached hydrogens (tertiary/aromatic N) is 2. The molecule has 1 aromatic heterocycles. The fraction of sp³-hybridized carbons (Fsp3) is 0.471. The van der Waals surface area contributed by atoms with E-state index >= 15 is 0 Å². The lowest BCUT2D eigenvalue weighted by molar-refractivity contribution is -0.121. The van der Waals surface area contributed by atoms with E-state index in [0.29, 0.717) is 5.02 Å². The number of hydrogen-bond acceptors (Lipinski definition) is 5. The van der Waals surface area contributed by atoms with Gasteiger partial charge in [-0.25, -0.2) is 4.98 Å². The number of carbonyl (C=O) groups excluding carboxylic acids is 1. The van der Waals surface area contributed by atoms with Crippen LogP contribution in [0.4, 0.5) is 0 Å². The largest absolute Gasteiger partial charge is 0.337 e. The van der Waals surface area contributed by atoms with Crippen LogP contribution in [0.25, 0.3) is 10.2 Å². The Morgan fingerprint density at radius 1 is 1.46 bits per heavy atom. The number of aromatic nitrogens is 1. The van der Waals surface area contributed by atoms with E-state index in [4.69, 9.17) is 11.6 Å². The maximum atomic E-state index is 12.5. The molecule has 1 amide bonds. The summed E-state index contributed by atoms with van der Waals surface area (Å²) in [4.78, 5) is 17.1. The third-order valence-electron chi connectivity index (χ3n) is 4.26. The summed E-state index contributed by atoms with van der Waals surface area (Å²) >= 11 is 8.96. The second-order valence-electron chi connectivity index (χ2n) is 6.10. The molecule has 7 heteroatoms. The van der Waals surface area contributed by atoms with Crippen LogP contribution < -0.4 is 5.32 Å². The number of hydrogen-bond donors (Lipinski definition) is 1. The third-order valence-corrected chi connectivity index (χ3v) is 6.73. The van der Waals surface area contributed by atoms with Crippen molar-refractivity contribution >= 4 is 50.8 Å². The van der Waals surface area contributed by atoms with Crippen molar-refractivity contribution in [2.75, 3.05) is 0 Å². The van der Waals surface area contributed by atoms with Crippen LogP contribution in [0.5, 0.6) is 0 Å². The molecule has 0 bridgehead atoms. The number of halogens is 1. The molecule has 1 N–H and O–H groups in total. The number of fused-ring (bicyclic) bond motifs is 1. The average molecular weight is 380 g/mol. The van der Waals surface area contributed by atoms with Crippen molar-refractivity contribution in [3.05, 3.63) is 23.2 Å². The Balaban J connectivity index is 1.67. The predicted molar refractivity (Wildman–Crippen MR) is 99.5 cm³/mol. The fourth-order valence-electron chi connectivity index (χ4n) is 2.89. The number of nitrogens with one attached hydrogen (secondary N) is 1. The topological polar surface area (TPSA) is 65.8 Å². The molecule has 1 heterocycles. The molecular formula is C17H18ClN3OS2. The summed E-state index contributed by atoms with van der Waals surface area (Å²) in [6, 6.07) is 7.94. The standard InChI is InChI=1S/C17H18ClN3OS2/c1-11(15(22)21-17(10-19)7-3-2-4-8-17)23-16-20-13-9-12(18)5-6-14(13)24-16/h5-6,9,11H,2-4,7-8H2,1H3,(H,21,22). The lowest BCUT2D eigenvalue weighted by Crippen LogP contribution is -2.50. The molecule has 1 saturated carbocycles. The first-order chi connectivity index (χ1) is 11.5. The Morgan fingerprint density at radius 3 is 2.92 bits per heavy atom. The minimum atomic E-state index is -0.689. The van der Waals surface area contributed by atoms with Crippen LogP contribution in [0, 0.1) is 11.3 Å². The van der Waals surface area contributed by atoms with E-state index < -0.39 is 5.54 Å². The summed E-state index contributed by atoms with van der Waals surface area (Å²) in [5, 5.41) is 12.8. The van der Waals surface area contributed by atoms with Gasteiger partial charge in [0, 0.05) is 5.02 Å². The summed E-state index contributed by atoms with van der Waals surface area (Å²) in [6.45, 7) is 1.85. The highest BCUT2D eigenvalue weighted by Crippen LogP contribution is 2.34. The van der Waals surface area contributed by atoms with Crippen molar-refractivity contribution < 1.29 is 4.79 Å². The number of rotatable bonds is 4. The number of thiazole rings is 1. The molecule has 1 atom stereocenters. The van der Waals surface area contributed by atoms with Gasteiger partial charge in [-0.05, 0) is 38.0 Å². The third kappa shape index (κ3) is 3.85. The lowest BCUT2D eigenvalue weighted by atomic mass is 9.83. The van der Waals surface area contributed by atoms with Gasteiger partial charge in [-0.2, -0.15) is 5.26 Å². The molecule has 0 radical (unpaired) electrons. The van der Waals surface area contributed by atoms with Crippen molar-refractivity contribution in [2.24, 2.45) is 0 Å². The lowest BCUT2D eigenvalue weighted by Gasteiger charge is -2.32. The average Bonchev–Trinajstić information content (AvgIpc) is 2.96. The molecular weight excluding hydrogens is 362 g/mol. The van der Waals surface area contributed by atoms with Gasteiger partial charge in [0.1, 0.15) is 5.54 Å². The van der Waals surface area contributed by atoms with Gasteiger partial charge in [-0.15, -0.1) is 11.3 Å². The van der Waals surface area contributed by atoms with E-state index in [-0.39, 0.29) is 11.2 Å². The molecule has 0 aliphatic heterocycles. The molecule has 3 rings (SSSR count). The first-order valence-corrected chi connectivity index (χ1v) is 10.0. The summed E-state index contributed by atoms with van der Waals surface area (Å²) in [5.74, 6) is -0.0965. The predicted octanol–water partition coefficient (Wildman–Crippen LogP) is 4.77. The molecule has 24 heavy (non-hydrogen) atoms. The molecule has 4 nitrogen and oxygen atoms in total. The van der Waals surface area contributed by atoms with Crippen molar-refractivity contribution in [3.63, 3.8) is 0 Å². The molecule has 0 spiro atoms. The summed E-state index contributed by atoms with van der Waals surface area (Å²) in [7, 11) is 0. The molecule has 1 aliphatic carbocycles. The van der Waals surface area contributed by atoms with Crippen LogP contribution in [0.2, 0.25) is 5.02 Å². The monoisotopic (exact) mass is 379 g/mol. The van der Waals surface area contributed by atoms with Gasteiger partial charge in [0.05, 0.1) is 21.5 Å². The van der Waals surface area contributed by atoms with Crippen LogP contribution in [0.1, 0.15) is 39.0 Å². The van der Waals surface area contributed by atoms with Gasteiger partial charge < -0.3 is 5.32 Å². The number of carbonyl (C=O) groups is 1. The SMILES string of the molecule is CC(Sc1nc2cc(Cl)ccc2s1)C(=O)NC1(C#N)CCCCC1. The van der Waals surface area contributed by atoms with E-state index in [0.717, 1.165) is 46.7 Å². The zero-order valence-corrected chi connectivity index (χ0v) is 15.7. The molecule has 126 valence electrons. The van der Waals surface area contributed by atoms with E-state index in [2.05, 4.69) is 16.4 Å². The molecule has 0 saturated heterocycles. The van der Waals surface area contributed by atoms with Crippen LogP contribution in [-0.4, -0.2) is 21.7 Å². The Bertz CT molecular complexity index is 793. The quantitative estimate of drug-likeness (QED) is 0.777. The smallest absolute Gasteiger partial charge is 0.234 e. The Morgan fingerprint density at radius 2 is 2.21 bits per heavy atom. The van der Waals surface area contributed by atoms with Crippen LogP contribution in [0.3, 0.4) is 0 Å². The highest BCUT2D eigenvalue weighted by atomic mass is 35.5. The van der Waals surface area contributed by atoms with Gasteiger partial charge in [0.15, 0.2) is 4.34 Å². The second-order valence-corrected chi connectivity index (χ2v) is 9.15. The van der Waals surface area contributed by atoms with Gasteiger partial charge in [0.25, 0.3) is 0 Å². The van der Waals surface area contributed by atoms with Crippen LogP contribution >= 0.6 is 34.7 Å². The van der Waals surface area contributed by atoms with Crippen LogP contribution in [0.15, 0.2) is 22.5 Å². The highest BCUT2D eigenvalue weighted by Gasteiger charge is 2.35. The first-order valence-electron chi connectivity index (χ1n) is 7.97. The van der Waals surface area contributed by atoms with Crippen molar-refractivity contribution in [1.82, 2.24) is 10.3 Å². The molecule has 2 aromatic rings. The van der Waals surface area contributed by atoms with Crippen molar-refractivity contribution in [1.29, 1.82) is 5.26 Å². The second kappa shape index (κ2) is 7.30. The van der Waals surface area contributed by atoms with Gasteiger partial charge in [-0.1, -0.05) is 42.6 Å². The summed E-state index contributed by atoms with van der Waals surface area (Å²) in [5.41, 5.74) is 0.161. The maximum Gasteiger partial charge on any atom is 0.234 e. The normalized spacial score (nSPS) is 18.0. The Hall–Kier alpha value is -1.29. The van der Waals surface area contributed by atoms with Gasteiger partial charge in [-0.3, -0.25) is 4.79 Å². The zero-order chi connectivity index (χ0) is 17.2. The molecule has 1 aromatic carbocycles. The molecule has 1 aliphatic rings. The van der Waals surface area contributed by atoms with E-state index in [9.17, 15) is 10.1 Å². The number of nitriles is 1. The number of amides is 1. The number of benzene rings is 1. The first kappa shape index (κ1) is 17.5. The Labute approximate surface area is 154 Å². The minimum absolute atomic E-state index is 0.0965. The fourth-order valence-corrected chi connectivity index (χ4v) is 5.25. The van der Waals surface area contributed by atoms with Crippen molar-refractivity contribution in [3.8, 4) is 6.07 Å². The molecule has 1 fully saturated rings. The van der Waals surface area contributed by atoms with E-state index in [1.165, 1.54) is 11.8 Å².